The largest absolute Gasteiger partial charge is 0.343 e. The van der Waals surface area contributed by atoms with Crippen LogP contribution in [0.15, 0.2) is 32.8 Å². The number of nitrogens with zero attached hydrogens (tertiary/aromatic N) is 3. The van der Waals surface area contributed by atoms with Gasteiger partial charge in [-0.1, -0.05) is 12.5 Å². The summed E-state index contributed by atoms with van der Waals surface area (Å²) in [6.07, 6.45) is 7.02. The summed E-state index contributed by atoms with van der Waals surface area (Å²) in [7, 11) is 0. The number of aliphatic imine (C=N–C) groups is 2. The molecule has 1 fully saturated rings. The summed E-state index contributed by atoms with van der Waals surface area (Å²) >= 11 is 0. The van der Waals surface area contributed by atoms with Crippen LogP contribution >= 0.6 is 0 Å². The zero-order valence-electron chi connectivity index (χ0n) is 15.0. The van der Waals surface area contributed by atoms with Crippen molar-refractivity contribution in [2.45, 2.75) is 46.1 Å². The lowest BCUT2D eigenvalue weighted by atomic mass is 9.73. The lowest BCUT2D eigenvalue weighted by molar-refractivity contribution is -0.135. The summed E-state index contributed by atoms with van der Waals surface area (Å²) in [6.45, 7) is 8.84. The zero-order valence-corrected chi connectivity index (χ0v) is 15.0. The Labute approximate surface area is 144 Å². The first-order valence-corrected chi connectivity index (χ1v) is 9.42. The minimum atomic E-state index is -0.0104. The third-order valence-electron chi connectivity index (χ3n) is 6.48. The Morgan fingerprint density at radius 1 is 1.29 bits per heavy atom. The van der Waals surface area contributed by atoms with E-state index in [2.05, 4.69) is 26.8 Å². The fourth-order valence-corrected chi connectivity index (χ4v) is 5.01. The van der Waals surface area contributed by atoms with Gasteiger partial charge in [0, 0.05) is 30.6 Å². The molecule has 3 bridgehead atoms. The average molecular weight is 325 g/mol. The third kappa shape index (κ3) is 2.30. The highest BCUT2D eigenvalue weighted by molar-refractivity contribution is 6.09. The van der Waals surface area contributed by atoms with E-state index in [-0.39, 0.29) is 17.9 Å². The van der Waals surface area contributed by atoms with E-state index < -0.39 is 0 Å². The van der Waals surface area contributed by atoms with E-state index in [1.807, 2.05) is 11.1 Å². The van der Waals surface area contributed by atoms with Crippen molar-refractivity contribution >= 4 is 17.8 Å². The molecular formula is C20H27N3O. The van der Waals surface area contributed by atoms with Gasteiger partial charge in [-0.25, -0.2) is 0 Å². The van der Waals surface area contributed by atoms with Gasteiger partial charge in [0.15, 0.2) is 0 Å². The number of carbonyl (C=O) groups is 1. The van der Waals surface area contributed by atoms with Crippen LogP contribution in [-0.4, -0.2) is 48.4 Å². The van der Waals surface area contributed by atoms with Crippen LogP contribution in [0.5, 0.6) is 0 Å². The van der Waals surface area contributed by atoms with Crippen LogP contribution in [-0.2, 0) is 4.79 Å². The molecule has 0 spiro atoms. The molecule has 128 valence electrons. The molecular weight excluding hydrogens is 298 g/mol. The molecule has 4 atom stereocenters. The fourth-order valence-electron chi connectivity index (χ4n) is 5.01. The molecule has 2 heterocycles. The van der Waals surface area contributed by atoms with Crippen LogP contribution in [0.25, 0.3) is 0 Å². The van der Waals surface area contributed by atoms with Crippen molar-refractivity contribution in [1.29, 1.82) is 0 Å². The molecule has 1 unspecified atom stereocenters. The molecule has 0 aromatic heterocycles. The molecule has 24 heavy (non-hydrogen) atoms. The molecule has 1 amide bonds. The SMILES string of the molecule is CCN(CC)C(=O)[C@@H]1CC2=C3C4=NC/C3=C/C=N[C@@H]1C[C@H](C4)C2C. The highest BCUT2D eigenvalue weighted by Gasteiger charge is 2.44. The second-order valence-electron chi connectivity index (χ2n) is 7.53. The first kappa shape index (κ1) is 15.8. The monoisotopic (exact) mass is 325 g/mol. The van der Waals surface area contributed by atoms with Gasteiger partial charge in [-0.2, -0.15) is 0 Å². The van der Waals surface area contributed by atoms with Crippen molar-refractivity contribution in [3.05, 3.63) is 22.8 Å². The van der Waals surface area contributed by atoms with Gasteiger partial charge in [-0.05, 0) is 56.6 Å². The van der Waals surface area contributed by atoms with E-state index in [1.165, 1.54) is 22.4 Å². The van der Waals surface area contributed by atoms with Crippen molar-refractivity contribution in [1.82, 2.24) is 4.90 Å². The average Bonchev–Trinajstić information content (AvgIpc) is 2.95. The molecule has 0 N–H and O–H groups in total. The number of hydrogen-bond donors (Lipinski definition) is 0. The number of amides is 1. The maximum absolute atomic E-state index is 13.2. The zero-order chi connectivity index (χ0) is 16.8. The first-order valence-electron chi connectivity index (χ1n) is 9.42. The van der Waals surface area contributed by atoms with Gasteiger partial charge >= 0.3 is 0 Å². The molecule has 4 aliphatic rings. The molecule has 0 aromatic carbocycles. The molecule has 4 nitrogen and oxygen atoms in total. The highest BCUT2D eigenvalue weighted by Crippen LogP contribution is 2.48. The van der Waals surface area contributed by atoms with Crippen LogP contribution in [0.2, 0.25) is 0 Å². The molecule has 4 heteroatoms. The van der Waals surface area contributed by atoms with Crippen LogP contribution in [0, 0.1) is 17.8 Å². The predicted octanol–water partition coefficient (Wildman–Crippen LogP) is 3.05. The quantitative estimate of drug-likeness (QED) is 0.786. The molecule has 2 aliphatic heterocycles. The van der Waals surface area contributed by atoms with Gasteiger partial charge in [-0.3, -0.25) is 14.8 Å². The second-order valence-corrected chi connectivity index (χ2v) is 7.53. The second kappa shape index (κ2) is 5.98. The van der Waals surface area contributed by atoms with Crippen LogP contribution in [0.3, 0.4) is 0 Å². The number of fused-ring (bicyclic) bond motifs is 3. The predicted molar refractivity (Wildman–Crippen MR) is 97.6 cm³/mol. The van der Waals surface area contributed by atoms with Crippen molar-refractivity contribution in [3.8, 4) is 0 Å². The third-order valence-corrected chi connectivity index (χ3v) is 6.48. The Balaban J connectivity index is 1.82. The number of allylic oxidation sites excluding steroid dienone is 2. The lowest BCUT2D eigenvalue weighted by Gasteiger charge is -2.31. The fraction of sp³-hybridized carbons (Fsp3) is 0.650. The smallest absolute Gasteiger partial charge is 0.228 e. The van der Waals surface area contributed by atoms with Gasteiger partial charge in [0.05, 0.1) is 18.5 Å². The maximum atomic E-state index is 13.2. The Bertz CT molecular complexity index is 681. The van der Waals surface area contributed by atoms with E-state index in [1.54, 1.807) is 0 Å². The van der Waals surface area contributed by atoms with E-state index in [4.69, 9.17) is 9.98 Å². The van der Waals surface area contributed by atoms with Gasteiger partial charge in [0.25, 0.3) is 0 Å². The molecule has 0 radical (unpaired) electrons. The molecule has 4 rings (SSSR count). The first-order chi connectivity index (χ1) is 11.6. The highest BCUT2D eigenvalue weighted by atomic mass is 16.2. The van der Waals surface area contributed by atoms with Crippen molar-refractivity contribution in [3.63, 3.8) is 0 Å². The normalized spacial score (nSPS) is 35.8. The van der Waals surface area contributed by atoms with Gasteiger partial charge in [0.2, 0.25) is 5.91 Å². The summed E-state index contributed by atoms with van der Waals surface area (Å²) < 4.78 is 0. The number of rotatable bonds is 3. The Morgan fingerprint density at radius 3 is 2.83 bits per heavy atom. The summed E-state index contributed by atoms with van der Waals surface area (Å²) in [5.74, 6) is 1.40. The summed E-state index contributed by atoms with van der Waals surface area (Å²) in [5, 5.41) is 0. The van der Waals surface area contributed by atoms with Crippen molar-refractivity contribution in [2.75, 3.05) is 19.6 Å². The molecule has 0 saturated heterocycles. The Kier molecular flexibility index (Phi) is 3.93. The van der Waals surface area contributed by atoms with E-state index in [9.17, 15) is 4.79 Å². The van der Waals surface area contributed by atoms with Crippen molar-refractivity contribution < 1.29 is 4.79 Å². The van der Waals surface area contributed by atoms with Crippen LogP contribution in [0.4, 0.5) is 0 Å². The summed E-state index contributed by atoms with van der Waals surface area (Å²) in [6, 6.07) is 0.109. The minimum Gasteiger partial charge on any atom is -0.343 e. The summed E-state index contributed by atoms with van der Waals surface area (Å²) in [5.41, 5.74) is 5.47. The Hall–Kier alpha value is -1.71. The Morgan fingerprint density at radius 2 is 2.08 bits per heavy atom. The van der Waals surface area contributed by atoms with Gasteiger partial charge < -0.3 is 4.90 Å². The van der Waals surface area contributed by atoms with Crippen LogP contribution in [0.1, 0.15) is 40.0 Å². The topological polar surface area (TPSA) is 45.0 Å². The van der Waals surface area contributed by atoms with Gasteiger partial charge in [-0.15, -0.1) is 0 Å². The molecule has 2 aliphatic carbocycles. The van der Waals surface area contributed by atoms with Gasteiger partial charge in [0.1, 0.15) is 0 Å². The van der Waals surface area contributed by atoms with E-state index in [0.717, 1.165) is 38.9 Å². The minimum absolute atomic E-state index is 0.0104. The summed E-state index contributed by atoms with van der Waals surface area (Å²) in [4.78, 5) is 24.8. The standard InChI is InChI=1S/C20H27N3O/c1-4-23(5-2)20(24)16-10-15-12(3)14-8-17(16)21-7-6-13-11-22-18(9-14)19(13)15/h6-7,12,14,16-17H,4-5,8-11H2,1-3H3/b13-6-,21-7?/t12?,14-,16-,17-/m1/s1. The number of carbonyl (C=O) groups excluding carboxylic acids is 1. The molecule has 0 aromatic rings. The van der Waals surface area contributed by atoms with E-state index in [0.29, 0.717) is 11.8 Å². The number of hydrogen-bond acceptors (Lipinski definition) is 3. The molecule has 1 saturated carbocycles. The van der Waals surface area contributed by atoms with Crippen LogP contribution < -0.4 is 0 Å². The maximum Gasteiger partial charge on any atom is 0.228 e. The van der Waals surface area contributed by atoms with E-state index >= 15 is 0 Å². The lowest BCUT2D eigenvalue weighted by Crippen LogP contribution is -2.40. The van der Waals surface area contributed by atoms with Crippen molar-refractivity contribution in [2.24, 2.45) is 27.7 Å².